The third kappa shape index (κ3) is 5.64. The normalized spacial score (nSPS) is 16.7. The predicted molar refractivity (Wildman–Crippen MR) is 141 cm³/mol. The number of aryl methyl sites for hydroxylation is 2. The van der Waals surface area contributed by atoms with Crippen LogP contribution in [0.2, 0.25) is 0 Å². The van der Waals surface area contributed by atoms with E-state index >= 15 is 0 Å². The molecule has 1 saturated heterocycles. The maximum Gasteiger partial charge on any atom is 0.264 e. The molecule has 176 valence electrons. The van der Waals surface area contributed by atoms with Crippen LogP contribution in [-0.4, -0.2) is 23.6 Å². The van der Waals surface area contributed by atoms with Gasteiger partial charge in [0, 0.05) is 12.2 Å². The number of thioether (sulfide) groups is 1. The number of carbonyl (C=O) groups excluding carboxylic acids is 2. The second kappa shape index (κ2) is 11.1. The van der Waals surface area contributed by atoms with E-state index in [1.165, 1.54) is 16.7 Å². The number of benzene rings is 3. The number of rotatable bonds is 7. The van der Waals surface area contributed by atoms with E-state index in [9.17, 15) is 14.9 Å². The molecule has 0 saturated carbocycles. The first kappa shape index (κ1) is 24.3. The SMILES string of the molecule is Cc1ccc(N2C(=O)C(Cc3ccccc3C)SC2=C(C#N)C(=O)NCCc2ccccc2)cc1. The van der Waals surface area contributed by atoms with Crippen molar-refractivity contribution in [1.82, 2.24) is 5.32 Å². The number of hydrogen-bond acceptors (Lipinski definition) is 4. The van der Waals surface area contributed by atoms with Gasteiger partial charge in [0.05, 0.1) is 5.25 Å². The van der Waals surface area contributed by atoms with Gasteiger partial charge in [-0.15, -0.1) is 0 Å². The first-order chi connectivity index (χ1) is 17.0. The monoisotopic (exact) mass is 481 g/mol. The van der Waals surface area contributed by atoms with Gasteiger partial charge in [0.25, 0.3) is 5.91 Å². The van der Waals surface area contributed by atoms with E-state index in [0.717, 1.165) is 22.3 Å². The number of hydrogen-bond donors (Lipinski definition) is 1. The highest BCUT2D eigenvalue weighted by atomic mass is 32.2. The van der Waals surface area contributed by atoms with E-state index in [2.05, 4.69) is 11.4 Å². The van der Waals surface area contributed by atoms with Crippen molar-refractivity contribution in [2.24, 2.45) is 0 Å². The van der Waals surface area contributed by atoms with E-state index in [-0.39, 0.29) is 11.5 Å². The molecule has 1 aliphatic rings. The van der Waals surface area contributed by atoms with Crippen molar-refractivity contribution in [2.45, 2.75) is 31.9 Å². The Hall–Kier alpha value is -3.82. The van der Waals surface area contributed by atoms with Crippen LogP contribution in [0, 0.1) is 25.2 Å². The van der Waals surface area contributed by atoms with Crippen LogP contribution >= 0.6 is 11.8 Å². The molecule has 3 aromatic rings. The lowest BCUT2D eigenvalue weighted by Crippen LogP contribution is -2.32. The topological polar surface area (TPSA) is 73.2 Å². The molecule has 35 heavy (non-hydrogen) atoms. The predicted octanol–water partition coefficient (Wildman–Crippen LogP) is 5.09. The lowest BCUT2D eigenvalue weighted by atomic mass is 10.0. The molecular formula is C29H27N3O2S. The minimum Gasteiger partial charge on any atom is -0.351 e. The Morgan fingerprint density at radius 1 is 1.00 bits per heavy atom. The van der Waals surface area contributed by atoms with Gasteiger partial charge in [-0.05, 0) is 55.5 Å². The lowest BCUT2D eigenvalue weighted by Gasteiger charge is -2.19. The minimum atomic E-state index is -0.465. The van der Waals surface area contributed by atoms with Crippen LogP contribution in [0.1, 0.15) is 22.3 Å². The number of nitrogens with zero attached hydrogens (tertiary/aromatic N) is 2. The second-order valence-corrected chi connectivity index (χ2v) is 9.72. The van der Waals surface area contributed by atoms with Crippen LogP contribution in [0.25, 0.3) is 0 Å². The van der Waals surface area contributed by atoms with E-state index in [1.54, 1.807) is 0 Å². The Morgan fingerprint density at radius 3 is 2.37 bits per heavy atom. The maximum absolute atomic E-state index is 13.6. The Balaban J connectivity index is 1.62. The minimum absolute atomic E-state index is 0.0377. The van der Waals surface area contributed by atoms with E-state index < -0.39 is 11.2 Å². The zero-order valence-corrected chi connectivity index (χ0v) is 20.6. The zero-order valence-electron chi connectivity index (χ0n) is 19.8. The van der Waals surface area contributed by atoms with Gasteiger partial charge in [-0.1, -0.05) is 84.1 Å². The van der Waals surface area contributed by atoms with Crippen molar-refractivity contribution in [3.8, 4) is 6.07 Å². The van der Waals surface area contributed by atoms with Gasteiger partial charge in [0.1, 0.15) is 16.7 Å². The maximum atomic E-state index is 13.6. The van der Waals surface area contributed by atoms with Gasteiger partial charge < -0.3 is 5.32 Å². The summed E-state index contributed by atoms with van der Waals surface area (Å²) in [4.78, 5) is 28.2. The fraction of sp³-hybridized carbons (Fsp3) is 0.207. The summed E-state index contributed by atoms with van der Waals surface area (Å²) in [5.41, 5.74) is 4.97. The van der Waals surface area contributed by atoms with Crippen molar-refractivity contribution in [1.29, 1.82) is 5.26 Å². The Labute approximate surface area is 210 Å². The molecule has 0 spiro atoms. The average Bonchev–Trinajstić information content (AvgIpc) is 3.17. The molecule has 6 heteroatoms. The molecule has 2 amide bonds. The Bertz CT molecular complexity index is 1290. The first-order valence-corrected chi connectivity index (χ1v) is 12.4. The summed E-state index contributed by atoms with van der Waals surface area (Å²) in [5.74, 6) is -0.589. The molecule has 1 aliphatic heterocycles. The molecule has 5 nitrogen and oxygen atoms in total. The Morgan fingerprint density at radius 2 is 1.69 bits per heavy atom. The molecule has 1 unspecified atom stereocenters. The van der Waals surface area contributed by atoms with Crippen LogP contribution in [0.15, 0.2) is 89.5 Å². The van der Waals surface area contributed by atoms with E-state index in [1.807, 2.05) is 92.7 Å². The number of amides is 2. The highest BCUT2D eigenvalue weighted by Crippen LogP contribution is 2.42. The number of nitrogens with one attached hydrogen (secondary N) is 1. The van der Waals surface area contributed by atoms with Crippen LogP contribution in [0.5, 0.6) is 0 Å². The summed E-state index contributed by atoms with van der Waals surface area (Å²) in [6.07, 6.45) is 1.18. The largest absolute Gasteiger partial charge is 0.351 e. The van der Waals surface area contributed by atoms with Gasteiger partial charge in [-0.2, -0.15) is 5.26 Å². The van der Waals surface area contributed by atoms with Crippen molar-refractivity contribution < 1.29 is 9.59 Å². The number of carbonyl (C=O) groups is 2. The van der Waals surface area contributed by atoms with Crippen molar-refractivity contribution in [2.75, 3.05) is 11.4 Å². The second-order valence-electron chi connectivity index (χ2n) is 8.53. The van der Waals surface area contributed by atoms with Crippen LogP contribution in [-0.2, 0) is 22.4 Å². The highest BCUT2D eigenvalue weighted by molar-refractivity contribution is 8.05. The molecule has 1 atom stereocenters. The first-order valence-electron chi connectivity index (χ1n) is 11.6. The summed E-state index contributed by atoms with van der Waals surface area (Å²) in [6.45, 7) is 4.40. The van der Waals surface area contributed by atoms with Crippen LogP contribution < -0.4 is 10.2 Å². The summed E-state index contributed by atoms with van der Waals surface area (Å²) in [5, 5.41) is 12.8. The van der Waals surface area contributed by atoms with Crippen LogP contribution in [0.3, 0.4) is 0 Å². The smallest absolute Gasteiger partial charge is 0.264 e. The average molecular weight is 482 g/mol. The zero-order chi connectivity index (χ0) is 24.8. The molecular weight excluding hydrogens is 454 g/mol. The molecule has 0 aromatic heterocycles. The van der Waals surface area contributed by atoms with Crippen molar-refractivity contribution in [3.63, 3.8) is 0 Å². The lowest BCUT2D eigenvalue weighted by molar-refractivity contribution is -0.117. The molecule has 0 radical (unpaired) electrons. The standard InChI is InChI=1S/C29H27N3O2S/c1-20-12-14-24(15-13-20)32-28(34)26(18-23-11-7-6-8-21(23)2)35-29(32)25(19-30)27(33)31-17-16-22-9-4-3-5-10-22/h3-15,26H,16-18H2,1-2H3,(H,31,33). The summed E-state index contributed by atoms with van der Waals surface area (Å²) >= 11 is 1.29. The third-order valence-corrected chi connectivity index (χ3v) is 7.27. The fourth-order valence-electron chi connectivity index (χ4n) is 4.01. The summed E-state index contributed by atoms with van der Waals surface area (Å²) < 4.78 is 0. The van der Waals surface area contributed by atoms with Crippen LogP contribution in [0.4, 0.5) is 5.69 Å². The van der Waals surface area contributed by atoms with Crippen molar-refractivity contribution in [3.05, 3.63) is 112 Å². The number of nitriles is 1. The van der Waals surface area contributed by atoms with E-state index in [0.29, 0.717) is 30.1 Å². The van der Waals surface area contributed by atoms with Gasteiger partial charge in [-0.3, -0.25) is 14.5 Å². The van der Waals surface area contributed by atoms with Crippen molar-refractivity contribution >= 4 is 29.3 Å². The molecule has 0 aliphatic carbocycles. The Kier molecular flexibility index (Phi) is 7.69. The third-order valence-electron chi connectivity index (χ3n) is 6.01. The fourth-order valence-corrected chi connectivity index (χ4v) is 5.30. The molecule has 4 rings (SSSR count). The highest BCUT2D eigenvalue weighted by Gasteiger charge is 2.40. The van der Waals surface area contributed by atoms with Gasteiger partial charge in [-0.25, -0.2) is 0 Å². The summed E-state index contributed by atoms with van der Waals surface area (Å²) in [7, 11) is 0. The molecule has 3 aromatic carbocycles. The van der Waals surface area contributed by atoms with E-state index in [4.69, 9.17) is 0 Å². The van der Waals surface area contributed by atoms with Gasteiger partial charge in [0.15, 0.2) is 0 Å². The summed E-state index contributed by atoms with van der Waals surface area (Å²) in [6, 6.07) is 27.4. The van der Waals surface area contributed by atoms with Gasteiger partial charge >= 0.3 is 0 Å². The molecule has 1 N–H and O–H groups in total. The number of anilines is 1. The molecule has 1 fully saturated rings. The molecule has 0 bridgehead atoms. The quantitative estimate of drug-likeness (QED) is 0.377. The van der Waals surface area contributed by atoms with Gasteiger partial charge in [0.2, 0.25) is 5.91 Å². The molecule has 1 heterocycles.